The Balaban J connectivity index is 1.64. The predicted molar refractivity (Wildman–Crippen MR) is 108 cm³/mol. The second-order valence-electron chi connectivity index (χ2n) is 6.94. The van der Waals surface area contributed by atoms with E-state index in [0.29, 0.717) is 23.4 Å². The monoisotopic (exact) mass is 397 g/mol. The minimum Gasteiger partial charge on any atom is -0.352 e. The van der Waals surface area contributed by atoms with Gasteiger partial charge in [0, 0.05) is 25.1 Å². The number of para-hydroxylation sites is 1. The highest BCUT2D eigenvalue weighted by atomic mass is 19.1. The Labute approximate surface area is 169 Å². The maximum absolute atomic E-state index is 13.7. The topological polar surface area (TPSA) is 78.5 Å². The van der Waals surface area contributed by atoms with Gasteiger partial charge in [0.2, 0.25) is 11.8 Å². The maximum atomic E-state index is 13.7. The van der Waals surface area contributed by atoms with Crippen molar-refractivity contribution >= 4 is 23.4 Å². The SMILES string of the molecule is CCCN1C(=O)C(CCC(=O)NCc2ccccc2F)NC(=O)c2ccccc21. The van der Waals surface area contributed by atoms with Gasteiger partial charge < -0.3 is 15.5 Å². The molecule has 3 amide bonds. The molecule has 0 bridgehead atoms. The van der Waals surface area contributed by atoms with Gasteiger partial charge in [-0.05, 0) is 31.0 Å². The van der Waals surface area contributed by atoms with Crippen molar-refractivity contribution in [3.63, 3.8) is 0 Å². The fourth-order valence-corrected chi connectivity index (χ4v) is 3.35. The Morgan fingerprint density at radius 3 is 2.62 bits per heavy atom. The van der Waals surface area contributed by atoms with Gasteiger partial charge in [0.1, 0.15) is 11.9 Å². The van der Waals surface area contributed by atoms with Crippen molar-refractivity contribution in [1.29, 1.82) is 0 Å². The summed E-state index contributed by atoms with van der Waals surface area (Å²) in [4.78, 5) is 39.4. The van der Waals surface area contributed by atoms with Crippen LogP contribution in [0.2, 0.25) is 0 Å². The molecule has 0 aliphatic carbocycles. The lowest BCUT2D eigenvalue weighted by molar-refractivity contribution is -0.122. The highest BCUT2D eigenvalue weighted by molar-refractivity contribution is 6.11. The highest BCUT2D eigenvalue weighted by Crippen LogP contribution is 2.25. The average Bonchev–Trinajstić information content (AvgIpc) is 2.82. The fourth-order valence-electron chi connectivity index (χ4n) is 3.35. The van der Waals surface area contributed by atoms with E-state index in [9.17, 15) is 18.8 Å². The molecule has 0 saturated carbocycles. The Kier molecular flexibility index (Phi) is 6.59. The van der Waals surface area contributed by atoms with E-state index in [1.807, 2.05) is 6.92 Å². The first kappa shape index (κ1) is 20.5. The van der Waals surface area contributed by atoms with Crippen molar-refractivity contribution < 1.29 is 18.8 Å². The van der Waals surface area contributed by atoms with Crippen LogP contribution < -0.4 is 15.5 Å². The highest BCUT2D eigenvalue weighted by Gasteiger charge is 2.33. The molecule has 2 aromatic carbocycles. The van der Waals surface area contributed by atoms with E-state index >= 15 is 0 Å². The molecule has 29 heavy (non-hydrogen) atoms. The molecule has 1 unspecified atom stereocenters. The Hall–Kier alpha value is -3.22. The third-order valence-corrected chi connectivity index (χ3v) is 4.85. The average molecular weight is 397 g/mol. The molecule has 1 aliphatic heterocycles. The molecular formula is C22H24FN3O3. The van der Waals surface area contributed by atoms with Crippen molar-refractivity contribution in [3.05, 3.63) is 65.5 Å². The van der Waals surface area contributed by atoms with Crippen LogP contribution in [-0.2, 0) is 16.1 Å². The molecule has 1 heterocycles. The smallest absolute Gasteiger partial charge is 0.254 e. The van der Waals surface area contributed by atoms with Gasteiger partial charge in [0.15, 0.2) is 0 Å². The number of nitrogens with zero attached hydrogens (tertiary/aromatic N) is 1. The van der Waals surface area contributed by atoms with Crippen LogP contribution in [0.1, 0.15) is 42.1 Å². The summed E-state index contributed by atoms with van der Waals surface area (Å²) in [5, 5.41) is 5.40. The van der Waals surface area contributed by atoms with Crippen LogP contribution >= 0.6 is 0 Å². The van der Waals surface area contributed by atoms with Crippen molar-refractivity contribution in [2.45, 2.75) is 38.8 Å². The second kappa shape index (κ2) is 9.32. The zero-order valence-corrected chi connectivity index (χ0v) is 16.3. The molecule has 0 aromatic heterocycles. The molecule has 1 atom stereocenters. The van der Waals surface area contributed by atoms with Gasteiger partial charge in [-0.1, -0.05) is 37.3 Å². The summed E-state index contributed by atoms with van der Waals surface area (Å²) in [6.45, 7) is 2.52. The summed E-state index contributed by atoms with van der Waals surface area (Å²) < 4.78 is 13.7. The first-order valence-electron chi connectivity index (χ1n) is 9.72. The van der Waals surface area contributed by atoms with E-state index < -0.39 is 6.04 Å². The normalized spacial score (nSPS) is 16.1. The van der Waals surface area contributed by atoms with Crippen LogP contribution in [0, 0.1) is 5.82 Å². The number of carbonyl (C=O) groups excluding carboxylic acids is 3. The number of rotatable bonds is 7. The van der Waals surface area contributed by atoms with Crippen molar-refractivity contribution in [1.82, 2.24) is 10.6 Å². The molecule has 6 nitrogen and oxygen atoms in total. The van der Waals surface area contributed by atoms with Gasteiger partial charge in [-0.15, -0.1) is 0 Å². The fraction of sp³-hybridized carbons (Fsp3) is 0.318. The molecule has 0 fully saturated rings. The summed E-state index contributed by atoms with van der Waals surface area (Å²) >= 11 is 0. The molecule has 3 rings (SSSR count). The molecule has 7 heteroatoms. The number of amides is 3. The number of hydrogen-bond donors (Lipinski definition) is 2. The standard InChI is InChI=1S/C22H24FN3O3/c1-2-13-26-19-10-6-4-8-16(19)21(28)25-18(22(26)29)11-12-20(27)24-14-15-7-3-5-9-17(15)23/h3-10,18H,2,11-14H2,1H3,(H,24,27)(H,25,28). The number of benzene rings is 2. The van der Waals surface area contributed by atoms with Crippen LogP contribution in [0.15, 0.2) is 48.5 Å². The maximum Gasteiger partial charge on any atom is 0.254 e. The van der Waals surface area contributed by atoms with Crippen LogP contribution in [-0.4, -0.2) is 30.3 Å². The number of hydrogen-bond acceptors (Lipinski definition) is 3. The lowest BCUT2D eigenvalue weighted by atomic mass is 10.1. The molecule has 152 valence electrons. The summed E-state index contributed by atoms with van der Waals surface area (Å²) in [5.41, 5.74) is 1.42. The lowest BCUT2D eigenvalue weighted by Crippen LogP contribution is -2.46. The number of halogens is 1. The lowest BCUT2D eigenvalue weighted by Gasteiger charge is -2.24. The van der Waals surface area contributed by atoms with Crippen LogP contribution in [0.25, 0.3) is 0 Å². The van der Waals surface area contributed by atoms with Gasteiger partial charge in [-0.3, -0.25) is 14.4 Å². The molecule has 1 aliphatic rings. The van der Waals surface area contributed by atoms with Gasteiger partial charge in [0.05, 0.1) is 11.3 Å². The number of fused-ring (bicyclic) bond motifs is 1. The zero-order valence-electron chi connectivity index (χ0n) is 16.3. The van der Waals surface area contributed by atoms with Gasteiger partial charge in [-0.2, -0.15) is 0 Å². The number of carbonyl (C=O) groups is 3. The van der Waals surface area contributed by atoms with E-state index in [4.69, 9.17) is 0 Å². The molecule has 2 N–H and O–H groups in total. The number of nitrogens with one attached hydrogen (secondary N) is 2. The first-order valence-corrected chi connectivity index (χ1v) is 9.72. The Morgan fingerprint density at radius 1 is 1.14 bits per heavy atom. The third kappa shape index (κ3) is 4.80. The third-order valence-electron chi connectivity index (χ3n) is 4.85. The Morgan fingerprint density at radius 2 is 1.86 bits per heavy atom. The molecule has 0 radical (unpaired) electrons. The summed E-state index contributed by atoms with van der Waals surface area (Å²) in [7, 11) is 0. The molecule has 0 spiro atoms. The molecule has 0 saturated heterocycles. The zero-order chi connectivity index (χ0) is 20.8. The van der Waals surface area contributed by atoms with E-state index in [0.717, 1.165) is 6.42 Å². The Bertz CT molecular complexity index is 916. The minimum atomic E-state index is -0.791. The molecule has 2 aromatic rings. The van der Waals surface area contributed by atoms with Crippen LogP contribution in [0.4, 0.5) is 10.1 Å². The first-order chi connectivity index (χ1) is 14.0. The van der Waals surface area contributed by atoms with Crippen LogP contribution in [0.3, 0.4) is 0 Å². The van der Waals surface area contributed by atoms with Gasteiger partial charge in [0.25, 0.3) is 5.91 Å². The summed E-state index contributed by atoms with van der Waals surface area (Å²) in [6, 6.07) is 12.4. The van der Waals surface area contributed by atoms with Crippen molar-refractivity contribution in [2.75, 3.05) is 11.4 Å². The quantitative estimate of drug-likeness (QED) is 0.754. The second-order valence-corrected chi connectivity index (χ2v) is 6.94. The number of anilines is 1. The van der Waals surface area contributed by atoms with Crippen molar-refractivity contribution in [2.24, 2.45) is 0 Å². The van der Waals surface area contributed by atoms with E-state index in [1.165, 1.54) is 6.07 Å². The largest absolute Gasteiger partial charge is 0.352 e. The summed E-state index contributed by atoms with van der Waals surface area (Å²) in [5.74, 6) is -1.25. The van der Waals surface area contributed by atoms with E-state index in [-0.39, 0.29) is 42.9 Å². The van der Waals surface area contributed by atoms with Gasteiger partial charge >= 0.3 is 0 Å². The summed E-state index contributed by atoms with van der Waals surface area (Å²) in [6.07, 6.45) is 0.952. The van der Waals surface area contributed by atoms with E-state index in [1.54, 1.807) is 47.4 Å². The minimum absolute atomic E-state index is 0.0431. The van der Waals surface area contributed by atoms with Crippen molar-refractivity contribution in [3.8, 4) is 0 Å². The van der Waals surface area contributed by atoms with E-state index in [2.05, 4.69) is 10.6 Å². The van der Waals surface area contributed by atoms with Gasteiger partial charge in [-0.25, -0.2) is 4.39 Å². The van der Waals surface area contributed by atoms with Crippen LogP contribution in [0.5, 0.6) is 0 Å². The predicted octanol–water partition coefficient (Wildman–Crippen LogP) is 2.78. The molecular weight excluding hydrogens is 373 g/mol.